The highest BCUT2D eigenvalue weighted by Crippen LogP contribution is 2.16. The van der Waals surface area contributed by atoms with E-state index in [1.54, 1.807) is 7.11 Å². The summed E-state index contributed by atoms with van der Waals surface area (Å²) in [5, 5.41) is 7.11. The average molecular weight is 307 g/mol. The number of methoxy groups -OCH3 is 1. The molecule has 21 heavy (non-hydrogen) atoms. The zero-order valence-electron chi connectivity index (χ0n) is 12.7. The van der Waals surface area contributed by atoms with Crippen LogP contribution in [0.5, 0.6) is 5.75 Å². The number of hydrogen-bond acceptors (Lipinski definition) is 3. The molecular weight excluding hydrogens is 282 g/mol. The fourth-order valence-corrected chi connectivity index (χ4v) is 2.78. The van der Waals surface area contributed by atoms with Gasteiger partial charge in [0.15, 0.2) is 5.11 Å². The largest absolute Gasteiger partial charge is 0.497 e. The van der Waals surface area contributed by atoms with Gasteiger partial charge in [-0.3, -0.25) is 0 Å². The Balaban J connectivity index is 1.62. The molecule has 0 amide bonds. The van der Waals surface area contributed by atoms with Gasteiger partial charge in [0.2, 0.25) is 0 Å². The van der Waals surface area contributed by atoms with Crippen LogP contribution < -0.4 is 15.4 Å². The lowest BCUT2D eigenvalue weighted by Gasteiger charge is -2.26. The molecule has 0 unspecified atom stereocenters. The number of benzene rings is 1. The highest BCUT2D eigenvalue weighted by atomic mass is 32.1. The number of likely N-dealkylation sites (tertiary alicyclic amines) is 1. The van der Waals surface area contributed by atoms with Crippen LogP contribution in [0.1, 0.15) is 25.7 Å². The quantitative estimate of drug-likeness (QED) is 0.624. The van der Waals surface area contributed by atoms with Crippen LogP contribution in [0, 0.1) is 0 Å². The predicted octanol–water partition coefficient (Wildman–Crippen LogP) is 2.86. The Hall–Kier alpha value is -1.33. The first kappa shape index (κ1) is 16.0. The molecule has 1 aliphatic rings. The van der Waals surface area contributed by atoms with Crippen molar-refractivity contribution in [3.63, 3.8) is 0 Å². The number of rotatable bonds is 6. The first-order chi connectivity index (χ1) is 10.3. The number of anilines is 1. The molecule has 0 aliphatic carbocycles. The number of nitrogens with one attached hydrogen (secondary N) is 2. The van der Waals surface area contributed by atoms with E-state index in [-0.39, 0.29) is 0 Å². The third kappa shape index (κ3) is 5.89. The van der Waals surface area contributed by atoms with E-state index in [0.29, 0.717) is 5.11 Å². The van der Waals surface area contributed by atoms with Gasteiger partial charge in [-0.1, -0.05) is 12.5 Å². The van der Waals surface area contributed by atoms with Crippen molar-refractivity contribution >= 4 is 23.0 Å². The van der Waals surface area contributed by atoms with Gasteiger partial charge in [-0.05, 0) is 63.2 Å². The van der Waals surface area contributed by atoms with Gasteiger partial charge >= 0.3 is 0 Å². The monoisotopic (exact) mass is 307 g/mol. The van der Waals surface area contributed by atoms with Crippen LogP contribution in [0.25, 0.3) is 0 Å². The molecule has 1 heterocycles. The molecule has 0 spiro atoms. The van der Waals surface area contributed by atoms with Gasteiger partial charge in [0.25, 0.3) is 0 Å². The predicted molar refractivity (Wildman–Crippen MR) is 92.1 cm³/mol. The minimum Gasteiger partial charge on any atom is -0.497 e. The van der Waals surface area contributed by atoms with Crippen molar-refractivity contribution in [2.75, 3.05) is 38.6 Å². The second kappa shape index (κ2) is 8.85. The zero-order chi connectivity index (χ0) is 14.9. The van der Waals surface area contributed by atoms with E-state index in [4.69, 9.17) is 17.0 Å². The molecule has 1 aromatic carbocycles. The van der Waals surface area contributed by atoms with Gasteiger partial charge in [0, 0.05) is 18.3 Å². The Kier molecular flexibility index (Phi) is 6.76. The smallest absolute Gasteiger partial charge is 0.170 e. The fraction of sp³-hybridized carbons (Fsp3) is 0.562. The van der Waals surface area contributed by atoms with Crippen LogP contribution in [0.4, 0.5) is 5.69 Å². The molecular formula is C16H25N3OS. The van der Waals surface area contributed by atoms with Crippen LogP contribution >= 0.6 is 12.2 Å². The summed E-state index contributed by atoms with van der Waals surface area (Å²) in [4.78, 5) is 2.55. The van der Waals surface area contributed by atoms with Crippen molar-refractivity contribution < 1.29 is 4.74 Å². The topological polar surface area (TPSA) is 36.5 Å². The minimum absolute atomic E-state index is 0.668. The van der Waals surface area contributed by atoms with Gasteiger partial charge in [-0.25, -0.2) is 0 Å². The molecule has 1 aliphatic heterocycles. The molecule has 2 rings (SSSR count). The Morgan fingerprint density at radius 2 is 2.10 bits per heavy atom. The van der Waals surface area contributed by atoms with Gasteiger partial charge in [0.1, 0.15) is 5.75 Å². The molecule has 5 heteroatoms. The van der Waals surface area contributed by atoms with Gasteiger partial charge in [-0.15, -0.1) is 0 Å². The summed E-state index contributed by atoms with van der Waals surface area (Å²) in [6.45, 7) is 4.58. The van der Waals surface area contributed by atoms with Crippen molar-refractivity contribution in [2.24, 2.45) is 0 Å². The molecule has 0 atom stereocenters. The van der Waals surface area contributed by atoms with E-state index >= 15 is 0 Å². The third-order valence-corrected chi connectivity index (χ3v) is 3.96. The molecule has 0 radical (unpaired) electrons. The Bertz CT molecular complexity index is 447. The molecule has 2 N–H and O–H groups in total. The molecule has 1 aromatic rings. The van der Waals surface area contributed by atoms with Crippen LogP contribution in [0.15, 0.2) is 24.3 Å². The van der Waals surface area contributed by atoms with E-state index < -0.39 is 0 Å². The highest BCUT2D eigenvalue weighted by molar-refractivity contribution is 7.80. The van der Waals surface area contributed by atoms with Gasteiger partial charge in [0.05, 0.1) is 7.11 Å². The second-order valence-electron chi connectivity index (χ2n) is 5.37. The molecule has 0 bridgehead atoms. The fourth-order valence-electron chi connectivity index (χ4n) is 2.56. The van der Waals surface area contributed by atoms with Crippen molar-refractivity contribution in [2.45, 2.75) is 25.7 Å². The van der Waals surface area contributed by atoms with Gasteiger partial charge in [-0.2, -0.15) is 0 Å². The standard InChI is InChI=1S/C16H25N3OS/c1-20-15-8-5-7-14(13-15)18-16(21)17-9-6-12-19-10-3-2-4-11-19/h5,7-8,13H,2-4,6,9-12H2,1H3,(H2,17,18,21). The summed E-state index contributed by atoms with van der Waals surface area (Å²) >= 11 is 5.31. The normalized spacial score (nSPS) is 15.5. The maximum absolute atomic E-state index is 5.31. The third-order valence-electron chi connectivity index (χ3n) is 3.71. The summed E-state index contributed by atoms with van der Waals surface area (Å²) < 4.78 is 5.19. The Labute approximate surface area is 132 Å². The second-order valence-corrected chi connectivity index (χ2v) is 5.78. The first-order valence-corrected chi connectivity index (χ1v) is 8.10. The van der Waals surface area contributed by atoms with Crippen LogP contribution in [-0.2, 0) is 0 Å². The summed E-state index contributed by atoms with van der Waals surface area (Å²) in [6, 6.07) is 7.77. The van der Waals surface area contributed by atoms with Crippen LogP contribution in [-0.4, -0.2) is 43.3 Å². The van der Waals surface area contributed by atoms with Crippen molar-refractivity contribution in [1.29, 1.82) is 0 Å². The SMILES string of the molecule is COc1cccc(NC(=S)NCCCN2CCCCC2)c1. The number of ether oxygens (including phenoxy) is 1. The number of piperidine rings is 1. The number of hydrogen-bond donors (Lipinski definition) is 2. The molecule has 116 valence electrons. The van der Waals surface area contributed by atoms with E-state index in [1.165, 1.54) is 32.4 Å². The molecule has 1 fully saturated rings. The average Bonchev–Trinajstić information content (AvgIpc) is 2.53. The number of nitrogens with zero attached hydrogens (tertiary/aromatic N) is 1. The molecule has 1 saturated heterocycles. The maximum Gasteiger partial charge on any atom is 0.170 e. The van der Waals surface area contributed by atoms with Crippen LogP contribution in [0.3, 0.4) is 0 Å². The highest BCUT2D eigenvalue weighted by Gasteiger charge is 2.08. The van der Waals surface area contributed by atoms with E-state index in [0.717, 1.165) is 30.9 Å². The lowest BCUT2D eigenvalue weighted by atomic mass is 10.1. The summed E-state index contributed by atoms with van der Waals surface area (Å²) in [5.74, 6) is 0.827. The Morgan fingerprint density at radius 1 is 1.29 bits per heavy atom. The summed E-state index contributed by atoms with van der Waals surface area (Å²) in [6.07, 6.45) is 5.22. The minimum atomic E-state index is 0.668. The summed E-state index contributed by atoms with van der Waals surface area (Å²) in [7, 11) is 1.66. The Morgan fingerprint density at radius 3 is 2.86 bits per heavy atom. The lowest BCUT2D eigenvalue weighted by Crippen LogP contribution is -2.34. The molecule has 4 nitrogen and oxygen atoms in total. The maximum atomic E-state index is 5.31. The van der Waals surface area contributed by atoms with E-state index in [9.17, 15) is 0 Å². The molecule has 0 saturated carbocycles. The zero-order valence-corrected chi connectivity index (χ0v) is 13.5. The van der Waals surface area contributed by atoms with E-state index in [1.807, 2.05) is 24.3 Å². The first-order valence-electron chi connectivity index (χ1n) is 7.69. The van der Waals surface area contributed by atoms with Crippen molar-refractivity contribution in [1.82, 2.24) is 10.2 Å². The van der Waals surface area contributed by atoms with Crippen LogP contribution in [0.2, 0.25) is 0 Å². The molecule has 0 aromatic heterocycles. The summed E-state index contributed by atoms with van der Waals surface area (Å²) in [5.41, 5.74) is 0.947. The van der Waals surface area contributed by atoms with E-state index in [2.05, 4.69) is 15.5 Å². The van der Waals surface area contributed by atoms with Crippen molar-refractivity contribution in [3.8, 4) is 5.75 Å². The number of thiocarbonyl (C=S) groups is 1. The van der Waals surface area contributed by atoms with Gasteiger partial charge < -0.3 is 20.3 Å². The lowest BCUT2D eigenvalue weighted by molar-refractivity contribution is 0.227. The van der Waals surface area contributed by atoms with Crippen molar-refractivity contribution in [3.05, 3.63) is 24.3 Å².